The van der Waals surface area contributed by atoms with Gasteiger partial charge in [-0.2, -0.15) is 0 Å². The van der Waals surface area contributed by atoms with Crippen molar-refractivity contribution in [3.63, 3.8) is 0 Å². The molecule has 0 heterocycles. The highest BCUT2D eigenvalue weighted by Crippen LogP contribution is 2.39. The molecule has 0 aromatic heterocycles. The van der Waals surface area contributed by atoms with E-state index in [1.165, 1.54) is 6.07 Å². The minimum Gasteiger partial charge on any atom is -0.208 e. The SMILES string of the molecule is CCc1ccc2cc(C(F)=C(F)C3CCC(CC)CC3)ccc2c1F. The van der Waals surface area contributed by atoms with E-state index < -0.39 is 11.7 Å². The van der Waals surface area contributed by atoms with Gasteiger partial charge < -0.3 is 0 Å². The van der Waals surface area contributed by atoms with Crippen molar-refractivity contribution >= 4 is 16.6 Å². The Labute approximate surface area is 147 Å². The first-order valence-electron chi connectivity index (χ1n) is 9.31. The zero-order valence-electron chi connectivity index (χ0n) is 14.9. The molecular weight excluding hydrogens is 321 g/mol. The first-order chi connectivity index (χ1) is 12.0. The van der Waals surface area contributed by atoms with E-state index in [1.807, 2.05) is 6.92 Å². The zero-order chi connectivity index (χ0) is 18.0. The number of aryl methyl sites for hydroxylation is 1. The van der Waals surface area contributed by atoms with Crippen LogP contribution >= 0.6 is 0 Å². The lowest BCUT2D eigenvalue weighted by Crippen LogP contribution is -2.14. The molecule has 1 saturated carbocycles. The largest absolute Gasteiger partial charge is 0.208 e. The molecule has 0 unspecified atom stereocenters. The summed E-state index contributed by atoms with van der Waals surface area (Å²) >= 11 is 0. The highest BCUT2D eigenvalue weighted by atomic mass is 19.2. The summed E-state index contributed by atoms with van der Waals surface area (Å²) in [6.07, 6.45) is 5.05. The van der Waals surface area contributed by atoms with Crippen molar-refractivity contribution < 1.29 is 13.2 Å². The van der Waals surface area contributed by atoms with Crippen LogP contribution in [0.2, 0.25) is 0 Å². The van der Waals surface area contributed by atoms with Gasteiger partial charge in [0, 0.05) is 16.9 Å². The fourth-order valence-electron chi connectivity index (χ4n) is 3.89. The topological polar surface area (TPSA) is 0 Å². The molecule has 1 fully saturated rings. The molecule has 0 atom stereocenters. The third kappa shape index (κ3) is 3.61. The van der Waals surface area contributed by atoms with Crippen LogP contribution < -0.4 is 0 Å². The molecule has 0 nitrogen and oxygen atoms in total. The van der Waals surface area contributed by atoms with Crippen molar-refractivity contribution in [2.24, 2.45) is 11.8 Å². The molecule has 0 radical (unpaired) electrons. The van der Waals surface area contributed by atoms with Gasteiger partial charge in [-0.15, -0.1) is 0 Å². The van der Waals surface area contributed by atoms with E-state index in [9.17, 15) is 13.2 Å². The van der Waals surface area contributed by atoms with E-state index in [0.29, 0.717) is 41.5 Å². The molecule has 1 aliphatic carbocycles. The van der Waals surface area contributed by atoms with Crippen LogP contribution in [0.3, 0.4) is 0 Å². The van der Waals surface area contributed by atoms with Crippen molar-refractivity contribution in [2.75, 3.05) is 0 Å². The van der Waals surface area contributed by atoms with Gasteiger partial charge in [-0.05, 0) is 55.0 Å². The Morgan fingerprint density at radius 1 is 1.00 bits per heavy atom. The average molecular weight is 346 g/mol. The van der Waals surface area contributed by atoms with Gasteiger partial charge in [-0.25, -0.2) is 13.2 Å². The van der Waals surface area contributed by atoms with E-state index in [1.54, 1.807) is 24.3 Å². The Bertz CT molecular complexity index is 783. The summed E-state index contributed by atoms with van der Waals surface area (Å²) in [5, 5.41) is 1.06. The van der Waals surface area contributed by atoms with Crippen molar-refractivity contribution in [3.05, 3.63) is 53.1 Å². The third-order valence-electron chi connectivity index (χ3n) is 5.66. The number of hydrogen-bond acceptors (Lipinski definition) is 0. The van der Waals surface area contributed by atoms with E-state index in [0.717, 1.165) is 19.3 Å². The number of hydrogen-bond donors (Lipinski definition) is 0. The minimum atomic E-state index is -0.790. The van der Waals surface area contributed by atoms with Crippen LogP contribution in [0.4, 0.5) is 13.2 Å². The van der Waals surface area contributed by atoms with Gasteiger partial charge in [-0.3, -0.25) is 0 Å². The highest BCUT2D eigenvalue weighted by molar-refractivity contribution is 5.87. The summed E-state index contributed by atoms with van der Waals surface area (Å²) in [5.74, 6) is -1.38. The van der Waals surface area contributed by atoms with Crippen molar-refractivity contribution in [3.8, 4) is 0 Å². The second kappa shape index (κ2) is 7.63. The Hall–Kier alpha value is -1.77. The predicted molar refractivity (Wildman–Crippen MR) is 98.2 cm³/mol. The van der Waals surface area contributed by atoms with E-state index in [2.05, 4.69) is 6.92 Å². The van der Waals surface area contributed by atoms with Gasteiger partial charge in [-0.1, -0.05) is 44.5 Å². The Morgan fingerprint density at radius 2 is 1.72 bits per heavy atom. The molecule has 0 N–H and O–H groups in total. The van der Waals surface area contributed by atoms with Crippen molar-refractivity contribution in [1.29, 1.82) is 0 Å². The Balaban J connectivity index is 1.90. The zero-order valence-corrected chi connectivity index (χ0v) is 14.9. The first kappa shape index (κ1) is 18.0. The summed E-state index contributed by atoms with van der Waals surface area (Å²) < 4.78 is 43.6. The molecule has 0 bridgehead atoms. The lowest BCUT2D eigenvalue weighted by Gasteiger charge is -2.26. The summed E-state index contributed by atoms with van der Waals surface area (Å²) in [5.41, 5.74) is 0.835. The lowest BCUT2D eigenvalue weighted by atomic mass is 9.80. The summed E-state index contributed by atoms with van der Waals surface area (Å²) in [6, 6.07) is 8.08. The number of allylic oxidation sites excluding steroid dienone is 1. The summed E-state index contributed by atoms with van der Waals surface area (Å²) in [4.78, 5) is 0. The maximum Gasteiger partial charge on any atom is 0.162 e. The fourth-order valence-corrected chi connectivity index (χ4v) is 3.89. The second-order valence-corrected chi connectivity index (χ2v) is 7.12. The molecule has 3 heteroatoms. The number of benzene rings is 2. The van der Waals surface area contributed by atoms with Gasteiger partial charge in [0.05, 0.1) is 0 Å². The van der Waals surface area contributed by atoms with Gasteiger partial charge in [0.15, 0.2) is 5.83 Å². The van der Waals surface area contributed by atoms with E-state index >= 15 is 0 Å². The maximum atomic E-state index is 14.7. The maximum absolute atomic E-state index is 14.7. The molecule has 0 aliphatic heterocycles. The molecule has 0 saturated heterocycles. The smallest absolute Gasteiger partial charge is 0.162 e. The molecule has 0 spiro atoms. The summed E-state index contributed by atoms with van der Waals surface area (Å²) in [7, 11) is 0. The normalized spacial score (nSPS) is 22.1. The van der Waals surface area contributed by atoms with Crippen LogP contribution in [-0.2, 0) is 6.42 Å². The van der Waals surface area contributed by atoms with Crippen LogP contribution in [0.25, 0.3) is 16.6 Å². The lowest BCUT2D eigenvalue weighted by molar-refractivity contribution is 0.268. The Kier molecular flexibility index (Phi) is 5.51. The predicted octanol–water partition coefficient (Wildman–Crippen LogP) is 7.37. The standard InChI is InChI=1S/C22H25F3/c1-3-14-5-7-16(8-6-14)21(24)22(25)18-11-12-19-17(13-18)10-9-15(4-2)20(19)23/h9-14,16H,3-8H2,1-2H3. The van der Waals surface area contributed by atoms with Crippen LogP contribution in [0, 0.1) is 17.7 Å². The average Bonchev–Trinajstić information content (AvgIpc) is 2.67. The van der Waals surface area contributed by atoms with Crippen LogP contribution in [0.5, 0.6) is 0 Å². The monoisotopic (exact) mass is 346 g/mol. The molecular formula is C22H25F3. The first-order valence-corrected chi connectivity index (χ1v) is 9.31. The van der Waals surface area contributed by atoms with Crippen LogP contribution in [0.15, 0.2) is 36.2 Å². The Morgan fingerprint density at radius 3 is 2.36 bits per heavy atom. The van der Waals surface area contributed by atoms with Crippen LogP contribution in [-0.4, -0.2) is 0 Å². The quantitative estimate of drug-likeness (QED) is 0.542. The fraction of sp³-hybridized carbons (Fsp3) is 0.455. The molecule has 3 rings (SSSR count). The van der Waals surface area contributed by atoms with Crippen LogP contribution in [0.1, 0.15) is 57.1 Å². The minimum absolute atomic E-state index is 0.200. The number of rotatable bonds is 4. The third-order valence-corrected chi connectivity index (χ3v) is 5.66. The van der Waals surface area contributed by atoms with Crippen molar-refractivity contribution in [1.82, 2.24) is 0 Å². The highest BCUT2D eigenvalue weighted by Gasteiger charge is 2.26. The number of fused-ring (bicyclic) bond motifs is 1. The molecule has 0 amide bonds. The van der Waals surface area contributed by atoms with E-state index in [-0.39, 0.29) is 17.3 Å². The number of halogens is 3. The van der Waals surface area contributed by atoms with Crippen molar-refractivity contribution in [2.45, 2.75) is 52.4 Å². The summed E-state index contributed by atoms with van der Waals surface area (Å²) in [6.45, 7) is 4.04. The van der Waals surface area contributed by atoms with Gasteiger partial charge >= 0.3 is 0 Å². The molecule has 25 heavy (non-hydrogen) atoms. The van der Waals surface area contributed by atoms with Gasteiger partial charge in [0.25, 0.3) is 0 Å². The molecule has 2 aromatic rings. The van der Waals surface area contributed by atoms with Gasteiger partial charge in [0.2, 0.25) is 0 Å². The molecule has 1 aliphatic rings. The molecule has 2 aromatic carbocycles. The van der Waals surface area contributed by atoms with E-state index in [4.69, 9.17) is 0 Å². The molecule has 134 valence electrons. The second-order valence-electron chi connectivity index (χ2n) is 7.12. The van der Waals surface area contributed by atoms with Gasteiger partial charge in [0.1, 0.15) is 11.6 Å².